The molecule has 4 heteroatoms. The number of pyridine rings is 1. The molecule has 0 radical (unpaired) electrons. The van der Waals surface area contributed by atoms with E-state index < -0.39 is 0 Å². The standard InChI is InChI=1S/C18H19N3O/c1-12-15-7-6-13(9-14-10-19-11-20(14)2)18(22)17(15)21-8-4-3-5-16(12)21/h3-5,8,10-11,13H,6-7,9H2,1-2H3. The molecule has 3 aromatic heterocycles. The highest BCUT2D eigenvalue weighted by Crippen LogP contribution is 2.33. The molecule has 4 rings (SSSR count). The van der Waals surface area contributed by atoms with Gasteiger partial charge >= 0.3 is 0 Å². The molecule has 0 saturated heterocycles. The third-order valence-electron chi connectivity index (χ3n) is 4.94. The lowest BCUT2D eigenvalue weighted by Crippen LogP contribution is -2.26. The van der Waals surface area contributed by atoms with Crippen LogP contribution in [0, 0.1) is 12.8 Å². The molecule has 1 aliphatic rings. The molecule has 0 aromatic carbocycles. The number of aromatic nitrogens is 3. The number of aryl methyl sites for hydroxylation is 2. The van der Waals surface area contributed by atoms with Crippen LogP contribution in [0.3, 0.4) is 0 Å². The number of carbonyl (C=O) groups is 1. The first-order chi connectivity index (χ1) is 10.7. The van der Waals surface area contributed by atoms with Gasteiger partial charge < -0.3 is 8.97 Å². The molecule has 112 valence electrons. The summed E-state index contributed by atoms with van der Waals surface area (Å²) >= 11 is 0. The number of nitrogens with zero attached hydrogens (tertiary/aromatic N) is 3. The van der Waals surface area contributed by atoms with Crippen molar-refractivity contribution < 1.29 is 4.79 Å². The van der Waals surface area contributed by atoms with Crippen LogP contribution < -0.4 is 0 Å². The highest BCUT2D eigenvalue weighted by molar-refractivity contribution is 6.01. The van der Waals surface area contributed by atoms with Gasteiger partial charge in [-0.3, -0.25) is 4.79 Å². The van der Waals surface area contributed by atoms with Crippen LogP contribution in [-0.2, 0) is 19.9 Å². The Labute approximate surface area is 129 Å². The van der Waals surface area contributed by atoms with Gasteiger partial charge in [0.1, 0.15) is 0 Å². The number of hydrogen-bond acceptors (Lipinski definition) is 2. The number of hydrogen-bond donors (Lipinski definition) is 0. The summed E-state index contributed by atoms with van der Waals surface area (Å²) in [6, 6.07) is 6.12. The zero-order valence-corrected chi connectivity index (χ0v) is 12.9. The lowest BCUT2D eigenvalue weighted by molar-refractivity contribution is 0.0893. The number of carbonyl (C=O) groups excluding carboxylic acids is 1. The average molecular weight is 293 g/mol. The molecule has 4 nitrogen and oxygen atoms in total. The number of Topliss-reactive ketones (excluding diaryl/α,β-unsaturated/α-hetero) is 1. The van der Waals surface area contributed by atoms with Gasteiger partial charge in [-0.15, -0.1) is 0 Å². The normalized spacial score (nSPS) is 17.9. The molecule has 22 heavy (non-hydrogen) atoms. The molecular formula is C18H19N3O. The van der Waals surface area contributed by atoms with Crippen molar-refractivity contribution in [3.05, 3.63) is 59.4 Å². The molecule has 1 atom stereocenters. The van der Waals surface area contributed by atoms with Gasteiger partial charge in [0.05, 0.1) is 12.0 Å². The van der Waals surface area contributed by atoms with E-state index in [0.29, 0.717) is 0 Å². The predicted octanol–water partition coefficient (Wildman–Crippen LogP) is 2.97. The minimum atomic E-state index is 0.0561. The smallest absolute Gasteiger partial charge is 0.183 e. The van der Waals surface area contributed by atoms with E-state index in [4.69, 9.17) is 0 Å². The zero-order valence-electron chi connectivity index (χ0n) is 12.9. The Morgan fingerprint density at radius 2 is 2.23 bits per heavy atom. The third kappa shape index (κ3) is 1.83. The van der Waals surface area contributed by atoms with Crippen LogP contribution in [0.25, 0.3) is 5.52 Å². The van der Waals surface area contributed by atoms with Crippen molar-refractivity contribution in [2.24, 2.45) is 13.0 Å². The van der Waals surface area contributed by atoms with Crippen molar-refractivity contribution in [2.45, 2.75) is 26.2 Å². The summed E-state index contributed by atoms with van der Waals surface area (Å²) in [7, 11) is 1.98. The third-order valence-corrected chi connectivity index (χ3v) is 4.94. The Balaban J connectivity index is 1.77. The minimum Gasteiger partial charge on any atom is -0.338 e. The van der Waals surface area contributed by atoms with Gasteiger partial charge in [-0.05, 0) is 49.4 Å². The molecule has 3 heterocycles. The monoisotopic (exact) mass is 293 g/mol. The Morgan fingerprint density at radius 1 is 1.36 bits per heavy atom. The van der Waals surface area contributed by atoms with E-state index in [2.05, 4.69) is 22.4 Å². The van der Waals surface area contributed by atoms with Gasteiger partial charge in [0, 0.05) is 36.6 Å². The lowest BCUT2D eigenvalue weighted by Gasteiger charge is -2.22. The van der Waals surface area contributed by atoms with Gasteiger partial charge in [-0.2, -0.15) is 0 Å². The first-order valence-corrected chi connectivity index (χ1v) is 7.74. The second kappa shape index (κ2) is 4.83. The molecule has 0 N–H and O–H groups in total. The summed E-state index contributed by atoms with van der Waals surface area (Å²) < 4.78 is 4.08. The first-order valence-electron chi connectivity index (χ1n) is 7.74. The maximum Gasteiger partial charge on any atom is 0.183 e. The molecule has 1 aliphatic carbocycles. The zero-order chi connectivity index (χ0) is 15.3. The van der Waals surface area contributed by atoms with Crippen LogP contribution in [0.5, 0.6) is 0 Å². The second-order valence-corrected chi connectivity index (χ2v) is 6.21. The fourth-order valence-corrected chi connectivity index (χ4v) is 3.67. The average Bonchev–Trinajstić information content (AvgIpc) is 3.05. The summed E-state index contributed by atoms with van der Waals surface area (Å²) in [5.74, 6) is 0.331. The van der Waals surface area contributed by atoms with E-state index in [1.165, 1.54) is 11.1 Å². The van der Waals surface area contributed by atoms with E-state index in [-0.39, 0.29) is 11.7 Å². The highest BCUT2D eigenvalue weighted by atomic mass is 16.1. The molecule has 0 spiro atoms. The van der Waals surface area contributed by atoms with Gasteiger partial charge in [-0.1, -0.05) is 6.07 Å². The highest BCUT2D eigenvalue weighted by Gasteiger charge is 2.32. The molecule has 0 aliphatic heterocycles. The fraction of sp³-hybridized carbons (Fsp3) is 0.333. The molecular weight excluding hydrogens is 274 g/mol. The van der Waals surface area contributed by atoms with E-state index in [1.807, 2.05) is 36.1 Å². The first kappa shape index (κ1) is 13.3. The Hall–Kier alpha value is -2.36. The molecule has 0 amide bonds. The largest absolute Gasteiger partial charge is 0.338 e. The number of imidazole rings is 1. The van der Waals surface area contributed by atoms with Crippen molar-refractivity contribution in [3.8, 4) is 0 Å². The van der Waals surface area contributed by atoms with Crippen LogP contribution >= 0.6 is 0 Å². The molecule has 0 saturated carbocycles. The molecule has 3 aromatic rings. The van der Waals surface area contributed by atoms with Crippen molar-refractivity contribution in [3.63, 3.8) is 0 Å². The van der Waals surface area contributed by atoms with Crippen LogP contribution in [0.2, 0.25) is 0 Å². The van der Waals surface area contributed by atoms with Gasteiger partial charge in [0.2, 0.25) is 0 Å². The van der Waals surface area contributed by atoms with E-state index in [1.54, 1.807) is 6.33 Å². The summed E-state index contributed by atoms with van der Waals surface area (Å²) in [6.45, 7) is 2.13. The SMILES string of the molecule is Cc1c2c(n3ccccc13)C(=O)C(Cc1cncn1C)CC2. The lowest BCUT2D eigenvalue weighted by atomic mass is 9.83. The molecule has 0 bridgehead atoms. The van der Waals surface area contributed by atoms with Crippen LogP contribution in [-0.4, -0.2) is 19.7 Å². The van der Waals surface area contributed by atoms with Crippen molar-refractivity contribution in [1.82, 2.24) is 14.0 Å². The quantitative estimate of drug-likeness (QED) is 0.728. The van der Waals surface area contributed by atoms with Crippen molar-refractivity contribution >= 4 is 11.3 Å². The van der Waals surface area contributed by atoms with Crippen LogP contribution in [0.4, 0.5) is 0 Å². The second-order valence-electron chi connectivity index (χ2n) is 6.21. The van der Waals surface area contributed by atoms with Crippen LogP contribution in [0.1, 0.15) is 33.7 Å². The minimum absolute atomic E-state index is 0.0561. The predicted molar refractivity (Wildman–Crippen MR) is 85.2 cm³/mol. The fourth-order valence-electron chi connectivity index (χ4n) is 3.67. The van der Waals surface area contributed by atoms with Gasteiger partial charge in [0.25, 0.3) is 0 Å². The summed E-state index contributed by atoms with van der Waals surface area (Å²) in [4.78, 5) is 17.2. The Kier molecular flexibility index (Phi) is 2.93. The van der Waals surface area contributed by atoms with Crippen molar-refractivity contribution in [1.29, 1.82) is 0 Å². The number of ketones is 1. The number of fused-ring (bicyclic) bond motifs is 3. The Bertz CT molecular complexity index is 872. The summed E-state index contributed by atoms with van der Waals surface area (Å²) in [6.07, 6.45) is 8.35. The van der Waals surface area contributed by atoms with Crippen LogP contribution in [0.15, 0.2) is 36.9 Å². The maximum absolute atomic E-state index is 13.0. The Morgan fingerprint density at radius 3 is 3.00 bits per heavy atom. The maximum atomic E-state index is 13.0. The molecule has 0 fully saturated rings. The molecule has 1 unspecified atom stereocenters. The van der Waals surface area contributed by atoms with E-state index >= 15 is 0 Å². The topological polar surface area (TPSA) is 39.3 Å². The van der Waals surface area contributed by atoms with Crippen molar-refractivity contribution in [2.75, 3.05) is 0 Å². The number of rotatable bonds is 2. The summed E-state index contributed by atoms with van der Waals surface area (Å²) in [5.41, 5.74) is 5.66. The summed E-state index contributed by atoms with van der Waals surface area (Å²) in [5, 5.41) is 0. The van der Waals surface area contributed by atoms with Gasteiger partial charge in [-0.25, -0.2) is 4.98 Å². The van der Waals surface area contributed by atoms with E-state index in [9.17, 15) is 4.79 Å². The van der Waals surface area contributed by atoms with Gasteiger partial charge in [0.15, 0.2) is 5.78 Å². The van der Waals surface area contributed by atoms with E-state index in [0.717, 1.165) is 36.2 Å².